The number of ether oxygens (including phenoxy) is 1. The zero-order valence-corrected chi connectivity index (χ0v) is 14.9. The lowest BCUT2D eigenvalue weighted by Crippen LogP contribution is -2.57. The van der Waals surface area contributed by atoms with Crippen molar-refractivity contribution in [2.24, 2.45) is 4.99 Å². The van der Waals surface area contributed by atoms with E-state index in [1.54, 1.807) is 7.05 Å². The first-order valence-electron chi connectivity index (χ1n) is 8.10. The number of hydrogen-bond donors (Lipinski definition) is 2. The van der Waals surface area contributed by atoms with Gasteiger partial charge in [-0.25, -0.2) is 0 Å². The average molecular weight is 323 g/mol. The fourth-order valence-electron chi connectivity index (χ4n) is 2.93. The minimum Gasteiger partial charge on any atom is -0.381 e. The number of nitrogens with one attached hydrogen (secondary N) is 2. The molecule has 0 atom stereocenters. The summed E-state index contributed by atoms with van der Waals surface area (Å²) < 4.78 is 10.7. The van der Waals surface area contributed by atoms with Gasteiger partial charge in [0.2, 0.25) is 0 Å². The van der Waals surface area contributed by atoms with Crippen molar-refractivity contribution < 1.29 is 9.26 Å². The molecule has 0 aromatic carbocycles. The van der Waals surface area contributed by atoms with Crippen LogP contribution in [0.4, 0.5) is 0 Å². The molecule has 1 aromatic rings. The molecule has 2 N–H and O–H groups in total. The Morgan fingerprint density at radius 2 is 1.96 bits per heavy atom. The minimum atomic E-state index is 0.110. The minimum absolute atomic E-state index is 0.110. The van der Waals surface area contributed by atoms with E-state index in [1.807, 2.05) is 13.8 Å². The van der Waals surface area contributed by atoms with Crippen molar-refractivity contribution in [2.75, 3.05) is 40.9 Å². The largest absolute Gasteiger partial charge is 0.381 e. The second-order valence-electron chi connectivity index (χ2n) is 6.31. The van der Waals surface area contributed by atoms with Crippen molar-refractivity contribution in [1.29, 1.82) is 0 Å². The van der Waals surface area contributed by atoms with Gasteiger partial charge in [0.25, 0.3) is 0 Å². The molecule has 1 aromatic heterocycles. The molecule has 0 spiro atoms. The predicted octanol–water partition coefficient (Wildman–Crippen LogP) is 1.07. The van der Waals surface area contributed by atoms with Crippen molar-refractivity contribution in [3.05, 3.63) is 17.0 Å². The topological polar surface area (TPSA) is 74.9 Å². The van der Waals surface area contributed by atoms with Crippen molar-refractivity contribution >= 4 is 5.96 Å². The Labute approximate surface area is 138 Å². The van der Waals surface area contributed by atoms with Gasteiger partial charge >= 0.3 is 0 Å². The van der Waals surface area contributed by atoms with E-state index in [4.69, 9.17) is 9.26 Å². The number of nitrogens with zero attached hydrogens (tertiary/aromatic N) is 3. The van der Waals surface area contributed by atoms with E-state index in [-0.39, 0.29) is 5.54 Å². The van der Waals surface area contributed by atoms with Crippen molar-refractivity contribution in [3.8, 4) is 0 Å². The van der Waals surface area contributed by atoms with Crippen LogP contribution >= 0.6 is 0 Å². The van der Waals surface area contributed by atoms with Gasteiger partial charge in [0, 0.05) is 44.5 Å². The van der Waals surface area contributed by atoms with E-state index in [2.05, 4.69) is 39.8 Å². The standard InChI is InChI=1S/C16H29N5O2/c1-12-14(13(2)23-20-12)10-18-15(17-3)19-11-16(21(4)5)6-8-22-9-7-16/h6-11H2,1-5H3,(H2,17,18,19). The van der Waals surface area contributed by atoms with E-state index in [1.165, 1.54) is 0 Å². The Morgan fingerprint density at radius 1 is 1.26 bits per heavy atom. The van der Waals surface area contributed by atoms with Crippen LogP contribution in [-0.4, -0.2) is 62.5 Å². The third-order valence-corrected chi connectivity index (χ3v) is 4.79. The molecule has 2 heterocycles. The van der Waals surface area contributed by atoms with Gasteiger partial charge in [-0.2, -0.15) is 0 Å². The number of hydrogen-bond acceptors (Lipinski definition) is 5. The first kappa shape index (κ1) is 17.7. The van der Waals surface area contributed by atoms with Crippen molar-refractivity contribution in [3.63, 3.8) is 0 Å². The fourth-order valence-corrected chi connectivity index (χ4v) is 2.93. The molecule has 130 valence electrons. The van der Waals surface area contributed by atoms with Crippen molar-refractivity contribution in [1.82, 2.24) is 20.7 Å². The fraction of sp³-hybridized carbons (Fsp3) is 0.750. The van der Waals surface area contributed by atoms with E-state index >= 15 is 0 Å². The Morgan fingerprint density at radius 3 is 2.48 bits per heavy atom. The van der Waals surface area contributed by atoms with Gasteiger partial charge in [-0.05, 0) is 40.8 Å². The first-order valence-corrected chi connectivity index (χ1v) is 8.10. The third kappa shape index (κ3) is 4.23. The summed E-state index contributed by atoms with van der Waals surface area (Å²) in [6.45, 7) is 6.99. The molecule has 0 radical (unpaired) electrons. The van der Waals surface area contributed by atoms with Gasteiger partial charge in [0.1, 0.15) is 5.76 Å². The Balaban J connectivity index is 1.92. The Kier molecular flexibility index (Phi) is 6.01. The summed E-state index contributed by atoms with van der Waals surface area (Å²) in [7, 11) is 6.05. The van der Waals surface area contributed by atoms with Crippen molar-refractivity contribution in [2.45, 2.75) is 38.8 Å². The second kappa shape index (κ2) is 7.79. The lowest BCUT2D eigenvalue weighted by molar-refractivity contribution is -0.00501. The van der Waals surface area contributed by atoms with Crippen LogP contribution < -0.4 is 10.6 Å². The molecule has 23 heavy (non-hydrogen) atoms. The van der Waals surface area contributed by atoms with Gasteiger partial charge < -0.3 is 24.8 Å². The molecule has 1 aliphatic rings. The van der Waals surface area contributed by atoms with Gasteiger partial charge in [-0.3, -0.25) is 4.99 Å². The number of likely N-dealkylation sites (N-methyl/N-ethyl adjacent to an activating group) is 1. The van der Waals surface area contributed by atoms with E-state index < -0.39 is 0 Å². The molecular formula is C16H29N5O2. The number of aliphatic imine (C=N–C) groups is 1. The van der Waals surface area contributed by atoms with Crippen LogP contribution in [0.1, 0.15) is 29.9 Å². The summed E-state index contributed by atoms with van der Waals surface area (Å²) in [5, 5.41) is 10.8. The molecule has 7 nitrogen and oxygen atoms in total. The number of guanidine groups is 1. The van der Waals surface area contributed by atoms with Gasteiger partial charge in [0.05, 0.1) is 5.69 Å². The highest BCUT2D eigenvalue weighted by atomic mass is 16.5. The van der Waals surface area contributed by atoms with Crippen LogP contribution in [0, 0.1) is 13.8 Å². The monoisotopic (exact) mass is 323 g/mol. The van der Waals surface area contributed by atoms with Crippen LogP contribution in [0.15, 0.2) is 9.52 Å². The highest BCUT2D eigenvalue weighted by Gasteiger charge is 2.34. The lowest BCUT2D eigenvalue weighted by Gasteiger charge is -2.43. The summed E-state index contributed by atoms with van der Waals surface area (Å²) >= 11 is 0. The summed E-state index contributed by atoms with van der Waals surface area (Å²) in [6.07, 6.45) is 2.04. The van der Waals surface area contributed by atoms with Gasteiger partial charge in [-0.1, -0.05) is 5.16 Å². The smallest absolute Gasteiger partial charge is 0.191 e. The van der Waals surface area contributed by atoms with E-state index in [9.17, 15) is 0 Å². The summed E-state index contributed by atoms with van der Waals surface area (Å²) in [4.78, 5) is 6.61. The van der Waals surface area contributed by atoms with Crippen LogP contribution in [0.2, 0.25) is 0 Å². The normalized spacial score (nSPS) is 18.3. The van der Waals surface area contributed by atoms with Crippen LogP contribution in [0.25, 0.3) is 0 Å². The van der Waals surface area contributed by atoms with Crippen LogP contribution in [-0.2, 0) is 11.3 Å². The summed E-state index contributed by atoms with van der Waals surface area (Å²) in [5.41, 5.74) is 2.11. The zero-order valence-electron chi connectivity index (χ0n) is 14.9. The maximum absolute atomic E-state index is 5.51. The lowest BCUT2D eigenvalue weighted by atomic mass is 9.88. The number of aryl methyl sites for hydroxylation is 2. The molecule has 1 saturated heterocycles. The molecule has 0 saturated carbocycles. The molecule has 0 aliphatic carbocycles. The molecule has 0 amide bonds. The molecule has 0 unspecified atom stereocenters. The summed E-state index contributed by atoms with van der Waals surface area (Å²) in [6, 6.07) is 0. The van der Waals surface area contributed by atoms with Crippen LogP contribution in [0.3, 0.4) is 0 Å². The highest BCUT2D eigenvalue weighted by molar-refractivity contribution is 5.79. The SMILES string of the molecule is CN=C(NCc1c(C)noc1C)NCC1(N(C)C)CCOCC1. The molecule has 0 bridgehead atoms. The first-order chi connectivity index (χ1) is 11.0. The number of aromatic nitrogens is 1. The second-order valence-corrected chi connectivity index (χ2v) is 6.31. The molecule has 1 aliphatic heterocycles. The Hall–Kier alpha value is -1.60. The quantitative estimate of drug-likeness (QED) is 0.624. The van der Waals surface area contributed by atoms with E-state index in [0.717, 1.165) is 55.6 Å². The Bertz CT molecular complexity index is 513. The third-order valence-electron chi connectivity index (χ3n) is 4.79. The van der Waals surface area contributed by atoms with Gasteiger partial charge in [0.15, 0.2) is 5.96 Å². The van der Waals surface area contributed by atoms with Gasteiger partial charge in [-0.15, -0.1) is 0 Å². The average Bonchev–Trinajstić information content (AvgIpc) is 2.87. The zero-order chi connectivity index (χ0) is 16.9. The van der Waals surface area contributed by atoms with E-state index in [0.29, 0.717) is 6.54 Å². The predicted molar refractivity (Wildman–Crippen MR) is 90.6 cm³/mol. The molecule has 7 heteroatoms. The molecular weight excluding hydrogens is 294 g/mol. The highest BCUT2D eigenvalue weighted by Crippen LogP contribution is 2.25. The molecule has 1 fully saturated rings. The molecule has 2 rings (SSSR count). The maximum atomic E-state index is 5.51. The van der Waals surface area contributed by atoms with Crippen LogP contribution in [0.5, 0.6) is 0 Å². The number of rotatable bonds is 5. The maximum Gasteiger partial charge on any atom is 0.191 e. The summed E-state index contributed by atoms with van der Waals surface area (Å²) in [5.74, 6) is 1.64.